The monoisotopic (exact) mass is 340 g/mol. The fourth-order valence-electron chi connectivity index (χ4n) is 1.37. The highest BCUT2D eigenvalue weighted by atomic mass is 127. The second-order valence-electron chi connectivity index (χ2n) is 3.66. The molecular formula is C11H15F2IN2. The van der Waals surface area contributed by atoms with Crippen molar-refractivity contribution in [2.24, 2.45) is 0 Å². The molecule has 0 unspecified atom stereocenters. The average Bonchev–Trinajstić information content (AvgIpc) is 2.27. The molecule has 0 saturated heterocycles. The van der Waals surface area contributed by atoms with E-state index in [1.807, 2.05) is 41.6 Å². The summed E-state index contributed by atoms with van der Waals surface area (Å²) in [5.74, 6) is -0.925. The molecule has 1 aromatic rings. The predicted octanol–water partition coefficient (Wildman–Crippen LogP) is 2.22. The van der Waals surface area contributed by atoms with Crippen molar-refractivity contribution >= 4 is 22.6 Å². The first kappa shape index (κ1) is 13.8. The number of hydrogen-bond acceptors (Lipinski definition) is 2. The van der Waals surface area contributed by atoms with Crippen LogP contribution in [-0.4, -0.2) is 32.1 Å². The Morgan fingerprint density at radius 2 is 2.06 bits per heavy atom. The van der Waals surface area contributed by atoms with Crippen molar-refractivity contribution in [3.05, 3.63) is 32.9 Å². The molecule has 0 aromatic heterocycles. The van der Waals surface area contributed by atoms with Gasteiger partial charge in [-0.05, 0) is 48.8 Å². The quantitative estimate of drug-likeness (QED) is 0.653. The van der Waals surface area contributed by atoms with Gasteiger partial charge in [0.05, 0.1) is 0 Å². The van der Waals surface area contributed by atoms with Gasteiger partial charge in [-0.25, -0.2) is 8.78 Å². The number of hydrogen-bond donors (Lipinski definition) is 1. The van der Waals surface area contributed by atoms with Gasteiger partial charge in [0.15, 0.2) is 0 Å². The Kier molecular flexibility index (Phi) is 5.57. The predicted molar refractivity (Wildman–Crippen MR) is 69.3 cm³/mol. The van der Waals surface area contributed by atoms with Crippen molar-refractivity contribution < 1.29 is 8.78 Å². The molecule has 0 heterocycles. The lowest BCUT2D eigenvalue weighted by molar-refractivity contribution is 0.315. The van der Waals surface area contributed by atoms with Crippen molar-refractivity contribution in [3.63, 3.8) is 0 Å². The van der Waals surface area contributed by atoms with Crippen molar-refractivity contribution in [1.29, 1.82) is 0 Å². The largest absolute Gasteiger partial charge is 0.318 e. The van der Waals surface area contributed by atoms with E-state index in [0.29, 0.717) is 3.57 Å². The van der Waals surface area contributed by atoms with Crippen LogP contribution in [0.1, 0.15) is 5.56 Å². The van der Waals surface area contributed by atoms with Crippen LogP contribution in [-0.2, 0) is 6.54 Å². The van der Waals surface area contributed by atoms with E-state index in [9.17, 15) is 8.78 Å². The van der Waals surface area contributed by atoms with Gasteiger partial charge in [0, 0.05) is 28.8 Å². The molecule has 0 radical (unpaired) electrons. The molecule has 1 aromatic carbocycles. The standard InChI is InChI=1S/C11H15F2IN2/c1-15-5-6-16(2)7-8-9(12)3-4-10(14)11(8)13/h3-4,15H,5-7H2,1-2H3. The SMILES string of the molecule is CNCCN(C)Cc1c(F)ccc(I)c1F. The van der Waals surface area contributed by atoms with E-state index in [2.05, 4.69) is 5.32 Å². The number of halogens is 3. The minimum absolute atomic E-state index is 0.144. The zero-order chi connectivity index (χ0) is 12.1. The normalized spacial score (nSPS) is 11.1. The Labute approximate surface area is 108 Å². The highest BCUT2D eigenvalue weighted by Gasteiger charge is 2.13. The van der Waals surface area contributed by atoms with Gasteiger partial charge >= 0.3 is 0 Å². The summed E-state index contributed by atoms with van der Waals surface area (Å²) in [4.78, 5) is 1.88. The lowest BCUT2D eigenvalue weighted by Crippen LogP contribution is -2.27. The van der Waals surface area contributed by atoms with E-state index < -0.39 is 11.6 Å². The number of rotatable bonds is 5. The molecule has 0 aliphatic rings. The van der Waals surface area contributed by atoms with Crippen LogP contribution in [0.15, 0.2) is 12.1 Å². The van der Waals surface area contributed by atoms with E-state index in [1.165, 1.54) is 12.1 Å². The molecule has 0 atom stereocenters. The first-order chi connectivity index (χ1) is 7.56. The van der Waals surface area contributed by atoms with E-state index in [0.717, 1.165) is 13.1 Å². The lowest BCUT2D eigenvalue weighted by Gasteiger charge is -2.17. The topological polar surface area (TPSA) is 15.3 Å². The molecule has 0 fully saturated rings. The van der Waals surface area contributed by atoms with E-state index >= 15 is 0 Å². The van der Waals surface area contributed by atoms with Crippen molar-refractivity contribution in [3.8, 4) is 0 Å². The summed E-state index contributed by atoms with van der Waals surface area (Å²) >= 11 is 1.87. The maximum atomic E-state index is 13.7. The molecule has 2 nitrogen and oxygen atoms in total. The molecule has 1 rings (SSSR count). The van der Waals surface area contributed by atoms with Crippen LogP contribution in [0.4, 0.5) is 8.78 Å². The van der Waals surface area contributed by atoms with Gasteiger partial charge in [-0.2, -0.15) is 0 Å². The third-order valence-electron chi connectivity index (χ3n) is 2.31. The van der Waals surface area contributed by atoms with E-state index in [1.54, 1.807) is 0 Å². The van der Waals surface area contributed by atoms with Crippen molar-refractivity contribution in [2.75, 3.05) is 27.2 Å². The van der Waals surface area contributed by atoms with Crippen LogP contribution in [0, 0.1) is 15.2 Å². The Bertz CT molecular complexity index is 358. The van der Waals surface area contributed by atoms with Gasteiger partial charge in [0.25, 0.3) is 0 Å². The second-order valence-corrected chi connectivity index (χ2v) is 4.83. The third kappa shape index (κ3) is 3.64. The zero-order valence-corrected chi connectivity index (χ0v) is 11.5. The molecule has 0 amide bonds. The molecule has 0 spiro atoms. The van der Waals surface area contributed by atoms with Gasteiger partial charge in [-0.1, -0.05) is 0 Å². The summed E-state index contributed by atoms with van der Waals surface area (Å²) in [6.45, 7) is 1.83. The molecule has 0 aliphatic heterocycles. The molecule has 0 aliphatic carbocycles. The number of nitrogens with one attached hydrogen (secondary N) is 1. The average molecular weight is 340 g/mol. The molecule has 1 N–H and O–H groups in total. The van der Waals surface area contributed by atoms with Gasteiger partial charge in [-0.3, -0.25) is 0 Å². The lowest BCUT2D eigenvalue weighted by atomic mass is 10.2. The van der Waals surface area contributed by atoms with Crippen LogP contribution >= 0.6 is 22.6 Å². The molecular weight excluding hydrogens is 325 g/mol. The van der Waals surface area contributed by atoms with Crippen molar-refractivity contribution in [2.45, 2.75) is 6.54 Å². The Balaban J connectivity index is 2.76. The number of nitrogens with zero attached hydrogens (tertiary/aromatic N) is 1. The first-order valence-corrected chi connectivity index (χ1v) is 6.09. The van der Waals surface area contributed by atoms with E-state index in [4.69, 9.17) is 0 Å². The Morgan fingerprint density at radius 3 is 2.69 bits per heavy atom. The molecule has 0 bridgehead atoms. The van der Waals surface area contributed by atoms with Crippen LogP contribution in [0.2, 0.25) is 0 Å². The van der Waals surface area contributed by atoms with Gasteiger partial charge in [0.2, 0.25) is 0 Å². The van der Waals surface area contributed by atoms with Gasteiger partial charge in [-0.15, -0.1) is 0 Å². The van der Waals surface area contributed by atoms with Crippen molar-refractivity contribution in [1.82, 2.24) is 10.2 Å². The second kappa shape index (κ2) is 6.46. The molecule has 90 valence electrons. The van der Waals surface area contributed by atoms with Crippen LogP contribution < -0.4 is 5.32 Å². The third-order valence-corrected chi connectivity index (χ3v) is 3.14. The maximum Gasteiger partial charge on any atom is 0.143 e. The fraction of sp³-hybridized carbons (Fsp3) is 0.455. The summed E-state index contributed by atoms with van der Waals surface area (Å²) in [7, 11) is 3.69. The first-order valence-electron chi connectivity index (χ1n) is 5.01. The highest BCUT2D eigenvalue weighted by molar-refractivity contribution is 14.1. The smallest absolute Gasteiger partial charge is 0.143 e. The van der Waals surface area contributed by atoms with Gasteiger partial charge in [0.1, 0.15) is 11.6 Å². The zero-order valence-electron chi connectivity index (χ0n) is 9.36. The fourth-order valence-corrected chi connectivity index (χ4v) is 1.87. The minimum Gasteiger partial charge on any atom is -0.318 e. The van der Waals surface area contributed by atoms with E-state index in [-0.39, 0.29) is 12.1 Å². The minimum atomic E-state index is -0.478. The van der Waals surface area contributed by atoms with Crippen LogP contribution in [0.25, 0.3) is 0 Å². The number of likely N-dealkylation sites (N-methyl/N-ethyl adjacent to an activating group) is 2. The maximum absolute atomic E-state index is 13.7. The van der Waals surface area contributed by atoms with Crippen LogP contribution in [0.3, 0.4) is 0 Å². The summed E-state index contributed by atoms with van der Waals surface area (Å²) in [5, 5.41) is 2.99. The summed E-state index contributed by atoms with van der Waals surface area (Å²) in [5.41, 5.74) is 0.144. The Hall–Kier alpha value is -0.270. The highest BCUT2D eigenvalue weighted by Crippen LogP contribution is 2.19. The summed E-state index contributed by atoms with van der Waals surface area (Å²) in [6, 6.07) is 2.76. The Morgan fingerprint density at radius 1 is 1.38 bits per heavy atom. The summed E-state index contributed by atoms with van der Waals surface area (Å²) < 4.78 is 27.5. The van der Waals surface area contributed by atoms with Gasteiger partial charge < -0.3 is 10.2 Å². The summed E-state index contributed by atoms with van der Waals surface area (Å²) in [6.07, 6.45) is 0. The number of benzene rings is 1. The molecule has 0 saturated carbocycles. The molecule has 16 heavy (non-hydrogen) atoms. The van der Waals surface area contributed by atoms with Crippen LogP contribution in [0.5, 0.6) is 0 Å². The molecule has 5 heteroatoms.